The molecule has 0 spiro atoms. The maximum absolute atomic E-state index is 12.8. The number of rotatable bonds is 3. The minimum atomic E-state index is -0.350. The van der Waals surface area contributed by atoms with Gasteiger partial charge in [-0.3, -0.25) is 9.59 Å². The highest BCUT2D eigenvalue weighted by molar-refractivity contribution is 6.07. The molecule has 1 saturated heterocycles. The van der Waals surface area contributed by atoms with Gasteiger partial charge < -0.3 is 10.2 Å². The molecule has 4 heteroatoms. The van der Waals surface area contributed by atoms with E-state index in [0.29, 0.717) is 6.54 Å². The van der Waals surface area contributed by atoms with Crippen LogP contribution < -0.4 is 10.2 Å². The highest BCUT2D eigenvalue weighted by Crippen LogP contribution is 2.29. The average Bonchev–Trinajstić information content (AvgIpc) is 3.03. The number of aryl methyl sites for hydroxylation is 2. The quantitative estimate of drug-likeness (QED) is 0.752. The lowest BCUT2D eigenvalue weighted by molar-refractivity contribution is -0.122. The summed E-state index contributed by atoms with van der Waals surface area (Å²) in [5, 5.41) is 5.11. The maximum atomic E-state index is 12.8. The Kier molecular flexibility index (Phi) is 4.40. The lowest BCUT2D eigenvalue weighted by atomic mass is 10.1. The van der Waals surface area contributed by atoms with Crippen LogP contribution in [0.5, 0.6) is 0 Å². The molecule has 0 bridgehead atoms. The molecule has 4 rings (SSSR count). The first kappa shape index (κ1) is 17.3. The molecule has 1 aliphatic heterocycles. The molecule has 0 radical (unpaired) electrons. The summed E-state index contributed by atoms with van der Waals surface area (Å²) in [4.78, 5) is 27.1. The molecule has 3 aromatic carbocycles. The van der Waals surface area contributed by atoms with Crippen LogP contribution in [-0.4, -0.2) is 18.4 Å². The number of nitrogens with one attached hydrogen (secondary N) is 1. The van der Waals surface area contributed by atoms with E-state index in [1.54, 1.807) is 4.90 Å². The Balaban J connectivity index is 1.54. The summed E-state index contributed by atoms with van der Waals surface area (Å²) >= 11 is 0. The van der Waals surface area contributed by atoms with Gasteiger partial charge in [0, 0.05) is 29.7 Å². The fraction of sp³-hybridized carbons (Fsp3) is 0.217. The second-order valence-electron chi connectivity index (χ2n) is 7.27. The maximum Gasteiger partial charge on any atom is 0.229 e. The van der Waals surface area contributed by atoms with Gasteiger partial charge in [-0.15, -0.1) is 0 Å². The monoisotopic (exact) mass is 358 g/mol. The molecule has 0 unspecified atom stereocenters. The molecule has 1 aliphatic rings. The number of amides is 2. The fourth-order valence-electron chi connectivity index (χ4n) is 3.81. The third-order valence-corrected chi connectivity index (χ3v) is 5.06. The zero-order chi connectivity index (χ0) is 19.0. The molecule has 2 amide bonds. The SMILES string of the molecule is Cc1cc(C)cc(N2C[C@@H](C(=O)Nc3cccc4ccccc34)CC2=O)c1. The second kappa shape index (κ2) is 6.88. The van der Waals surface area contributed by atoms with E-state index in [9.17, 15) is 9.59 Å². The predicted octanol–water partition coefficient (Wildman–Crippen LogP) is 4.45. The number of benzene rings is 3. The van der Waals surface area contributed by atoms with Crippen LogP contribution in [0.3, 0.4) is 0 Å². The number of carbonyl (C=O) groups is 2. The van der Waals surface area contributed by atoms with Gasteiger partial charge >= 0.3 is 0 Å². The number of hydrogen-bond acceptors (Lipinski definition) is 2. The van der Waals surface area contributed by atoms with Gasteiger partial charge in [0.2, 0.25) is 11.8 Å². The topological polar surface area (TPSA) is 49.4 Å². The van der Waals surface area contributed by atoms with Crippen molar-refractivity contribution < 1.29 is 9.59 Å². The molecule has 4 nitrogen and oxygen atoms in total. The molecule has 0 saturated carbocycles. The first-order valence-electron chi connectivity index (χ1n) is 9.18. The number of carbonyl (C=O) groups excluding carboxylic acids is 2. The lowest BCUT2D eigenvalue weighted by Gasteiger charge is -2.18. The van der Waals surface area contributed by atoms with Crippen LogP contribution in [0.15, 0.2) is 60.7 Å². The molecular weight excluding hydrogens is 336 g/mol. The van der Waals surface area contributed by atoms with Crippen LogP contribution in [0.25, 0.3) is 10.8 Å². The molecule has 0 aromatic heterocycles. The van der Waals surface area contributed by atoms with E-state index in [4.69, 9.17) is 0 Å². The van der Waals surface area contributed by atoms with E-state index in [0.717, 1.165) is 33.3 Å². The predicted molar refractivity (Wildman–Crippen MR) is 109 cm³/mol. The third kappa shape index (κ3) is 3.43. The molecule has 136 valence electrons. The molecule has 0 aliphatic carbocycles. The van der Waals surface area contributed by atoms with Gasteiger partial charge in [0.25, 0.3) is 0 Å². The van der Waals surface area contributed by atoms with Crippen LogP contribution in [-0.2, 0) is 9.59 Å². The van der Waals surface area contributed by atoms with Crippen molar-refractivity contribution in [3.05, 3.63) is 71.8 Å². The van der Waals surface area contributed by atoms with Crippen molar-refractivity contribution in [3.8, 4) is 0 Å². The summed E-state index contributed by atoms with van der Waals surface area (Å²) in [6.45, 7) is 4.45. The van der Waals surface area contributed by atoms with Crippen molar-refractivity contribution in [1.82, 2.24) is 0 Å². The Bertz CT molecular complexity index is 1020. The van der Waals surface area contributed by atoms with Gasteiger partial charge in [-0.25, -0.2) is 0 Å². The summed E-state index contributed by atoms with van der Waals surface area (Å²) in [5.74, 6) is -0.457. The summed E-state index contributed by atoms with van der Waals surface area (Å²) in [7, 11) is 0. The van der Waals surface area contributed by atoms with Gasteiger partial charge in [0.1, 0.15) is 0 Å². The Morgan fingerprint density at radius 3 is 2.48 bits per heavy atom. The van der Waals surface area contributed by atoms with Gasteiger partial charge in [-0.1, -0.05) is 42.5 Å². The minimum Gasteiger partial charge on any atom is -0.325 e. The van der Waals surface area contributed by atoms with Crippen LogP contribution in [0, 0.1) is 19.8 Å². The van der Waals surface area contributed by atoms with E-state index in [1.165, 1.54) is 0 Å². The van der Waals surface area contributed by atoms with E-state index >= 15 is 0 Å². The molecular formula is C23H22N2O2. The lowest BCUT2D eigenvalue weighted by Crippen LogP contribution is -2.28. The molecule has 1 atom stereocenters. The molecule has 3 aromatic rings. The van der Waals surface area contributed by atoms with Crippen LogP contribution in [0.4, 0.5) is 11.4 Å². The standard InChI is InChI=1S/C23H22N2O2/c1-15-10-16(2)12-19(11-15)25-14-18(13-22(25)26)23(27)24-21-9-5-7-17-6-3-4-8-20(17)21/h3-12,18H,13-14H2,1-2H3,(H,24,27)/t18-/m0/s1. The molecule has 1 heterocycles. The number of anilines is 2. The number of fused-ring (bicyclic) bond motifs is 1. The van der Waals surface area contributed by atoms with Crippen LogP contribution in [0.1, 0.15) is 17.5 Å². The van der Waals surface area contributed by atoms with E-state index in [2.05, 4.69) is 11.4 Å². The second-order valence-corrected chi connectivity index (χ2v) is 7.27. The molecule has 1 fully saturated rings. The average molecular weight is 358 g/mol. The largest absolute Gasteiger partial charge is 0.325 e. The van der Waals surface area contributed by atoms with Crippen LogP contribution >= 0.6 is 0 Å². The van der Waals surface area contributed by atoms with Crippen molar-refractivity contribution >= 4 is 34.0 Å². The van der Waals surface area contributed by atoms with Crippen LogP contribution in [0.2, 0.25) is 0 Å². The minimum absolute atomic E-state index is 0.00179. The zero-order valence-corrected chi connectivity index (χ0v) is 15.5. The number of hydrogen-bond donors (Lipinski definition) is 1. The van der Waals surface area contributed by atoms with Crippen molar-refractivity contribution in [2.75, 3.05) is 16.8 Å². The normalized spacial score (nSPS) is 16.7. The van der Waals surface area contributed by atoms with Crippen molar-refractivity contribution in [3.63, 3.8) is 0 Å². The number of nitrogens with zero attached hydrogens (tertiary/aromatic N) is 1. The molecule has 1 N–H and O–H groups in total. The van der Waals surface area contributed by atoms with Gasteiger partial charge in [-0.2, -0.15) is 0 Å². The van der Waals surface area contributed by atoms with E-state index in [-0.39, 0.29) is 24.2 Å². The Morgan fingerprint density at radius 2 is 1.70 bits per heavy atom. The Morgan fingerprint density at radius 1 is 1.00 bits per heavy atom. The summed E-state index contributed by atoms with van der Waals surface area (Å²) in [6, 6.07) is 19.9. The highest BCUT2D eigenvalue weighted by Gasteiger charge is 2.35. The highest BCUT2D eigenvalue weighted by atomic mass is 16.2. The first-order valence-corrected chi connectivity index (χ1v) is 9.18. The Hall–Kier alpha value is -3.14. The van der Waals surface area contributed by atoms with Gasteiger partial charge in [-0.05, 0) is 48.6 Å². The van der Waals surface area contributed by atoms with Crippen molar-refractivity contribution in [2.45, 2.75) is 20.3 Å². The van der Waals surface area contributed by atoms with Crippen molar-refractivity contribution in [1.29, 1.82) is 0 Å². The Labute approximate surface area is 158 Å². The first-order chi connectivity index (χ1) is 13.0. The van der Waals surface area contributed by atoms with Gasteiger partial charge in [0.15, 0.2) is 0 Å². The summed E-state index contributed by atoms with van der Waals surface area (Å²) < 4.78 is 0. The van der Waals surface area contributed by atoms with E-state index < -0.39 is 0 Å². The third-order valence-electron chi connectivity index (χ3n) is 5.06. The van der Waals surface area contributed by atoms with Gasteiger partial charge in [0.05, 0.1) is 5.92 Å². The smallest absolute Gasteiger partial charge is 0.229 e. The van der Waals surface area contributed by atoms with Crippen molar-refractivity contribution in [2.24, 2.45) is 5.92 Å². The molecule has 27 heavy (non-hydrogen) atoms. The summed E-state index contributed by atoms with van der Waals surface area (Å²) in [6.07, 6.45) is 0.240. The zero-order valence-electron chi connectivity index (χ0n) is 15.5. The summed E-state index contributed by atoms with van der Waals surface area (Å²) in [5.41, 5.74) is 3.89. The van der Waals surface area contributed by atoms with E-state index in [1.807, 2.05) is 68.4 Å². The fourth-order valence-corrected chi connectivity index (χ4v) is 3.81.